The van der Waals surface area contributed by atoms with Gasteiger partial charge in [0.2, 0.25) is 0 Å². The van der Waals surface area contributed by atoms with Crippen LogP contribution in [0.3, 0.4) is 0 Å². The van der Waals surface area contributed by atoms with Crippen LogP contribution in [0.2, 0.25) is 0 Å². The van der Waals surface area contributed by atoms with Crippen LogP contribution in [0.4, 0.5) is 5.69 Å². The molecule has 0 aromatic heterocycles. The summed E-state index contributed by atoms with van der Waals surface area (Å²) in [6.45, 7) is 0.115. The molecule has 2 aliphatic heterocycles. The monoisotopic (exact) mass is 345 g/mol. The minimum Gasteiger partial charge on any atom is -0.490 e. The lowest BCUT2D eigenvalue weighted by Crippen LogP contribution is -2.55. The van der Waals surface area contributed by atoms with Gasteiger partial charge >= 0.3 is 5.97 Å². The average Bonchev–Trinajstić information content (AvgIpc) is 3.16. The van der Waals surface area contributed by atoms with E-state index >= 15 is 0 Å². The Labute approximate surface area is 146 Å². The van der Waals surface area contributed by atoms with E-state index in [-0.39, 0.29) is 25.4 Å². The van der Waals surface area contributed by atoms with Gasteiger partial charge in [-0.05, 0) is 49.9 Å². The van der Waals surface area contributed by atoms with Crippen molar-refractivity contribution in [2.45, 2.75) is 56.7 Å². The van der Waals surface area contributed by atoms with E-state index < -0.39 is 17.0 Å². The van der Waals surface area contributed by atoms with Crippen molar-refractivity contribution in [3.63, 3.8) is 0 Å². The first-order valence-corrected chi connectivity index (χ1v) is 8.97. The number of ether oxygens (including phenoxy) is 2. The Morgan fingerprint density at radius 1 is 1.12 bits per heavy atom. The fourth-order valence-electron chi connectivity index (χ4n) is 4.20. The first-order chi connectivity index (χ1) is 12.0. The van der Waals surface area contributed by atoms with Crippen LogP contribution in [0.15, 0.2) is 24.3 Å². The van der Waals surface area contributed by atoms with Gasteiger partial charge < -0.3 is 19.9 Å². The van der Waals surface area contributed by atoms with Crippen molar-refractivity contribution < 1.29 is 24.2 Å². The molecule has 2 bridgehead atoms. The normalized spacial score (nSPS) is 31.2. The van der Waals surface area contributed by atoms with Gasteiger partial charge in [0.05, 0.1) is 18.1 Å². The summed E-state index contributed by atoms with van der Waals surface area (Å²) in [6.07, 6.45) is 6.73. The number of fused-ring (bicyclic) bond motifs is 1. The topological polar surface area (TPSA) is 84.9 Å². The van der Waals surface area contributed by atoms with Gasteiger partial charge in [-0.15, -0.1) is 0 Å². The molecule has 0 radical (unpaired) electrons. The fourth-order valence-corrected chi connectivity index (χ4v) is 4.20. The highest BCUT2D eigenvalue weighted by atomic mass is 16.5. The van der Waals surface area contributed by atoms with Crippen LogP contribution in [0.1, 0.15) is 44.9 Å². The number of benzene rings is 1. The zero-order valence-electron chi connectivity index (χ0n) is 14.1. The van der Waals surface area contributed by atoms with Crippen molar-refractivity contribution in [1.29, 1.82) is 0 Å². The lowest BCUT2D eigenvalue weighted by Gasteiger charge is -2.40. The molecule has 5 rings (SSSR count). The van der Waals surface area contributed by atoms with Crippen LogP contribution in [0.5, 0.6) is 5.75 Å². The molecule has 2 heterocycles. The van der Waals surface area contributed by atoms with Gasteiger partial charge in [0.25, 0.3) is 5.91 Å². The maximum Gasteiger partial charge on any atom is 0.312 e. The molecule has 1 aromatic rings. The van der Waals surface area contributed by atoms with E-state index in [1.165, 1.54) is 19.3 Å². The molecule has 0 spiro atoms. The van der Waals surface area contributed by atoms with Crippen molar-refractivity contribution in [1.82, 2.24) is 0 Å². The van der Waals surface area contributed by atoms with E-state index in [2.05, 4.69) is 5.32 Å². The van der Waals surface area contributed by atoms with Crippen molar-refractivity contribution in [2.75, 3.05) is 11.9 Å². The first-order valence-electron chi connectivity index (χ1n) is 8.97. The molecule has 2 saturated heterocycles. The standard InChI is InChI=1S/C19H23NO5/c21-16(19-10-18(11-19,12-24-19)17(22)23)20-13-6-8-15(9-7-13)25-14-4-2-1-3-5-14/h6-9,14H,1-5,10-12H2,(H,20,21)(H,22,23). The highest BCUT2D eigenvalue weighted by molar-refractivity contribution is 6.00. The minimum absolute atomic E-state index is 0.115. The second-order valence-corrected chi connectivity index (χ2v) is 7.58. The predicted octanol–water partition coefficient (Wildman–Crippen LogP) is 2.97. The molecule has 1 amide bonds. The summed E-state index contributed by atoms with van der Waals surface area (Å²) in [6, 6.07) is 7.34. The molecule has 6 nitrogen and oxygen atoms in total. The Kier molecular flexibility index (Phi) is 3.95. The van der Waals surface area contributed by atoms with Crippen molar-refractivity contribution in [2.24, 2.45) is 5.41 Å². The lowest BCUT2D eigenvalue weighted by atomic mass is 9.62. The van der Waals surface area contributed by atoms with Gasteiger partial charge in [-0.3, -0.25) is 9.59 Å². The molecule has 2 N–H and O–H groups in total. The smallest absolute Gasteiger partial charge is 0.312 e. The summed E-state index contributed by atoms with van der Waals surface area (Å²) in [7, 11) is 0. The van der Waals surface area contributed by atoms with Crippen molar-refractivity contribution >= 4 is 17.6 Å². The van der Waals surface area contributed by atoms with Gasteiger partial charge in [0.1, 0.15) is 11.4 Å². The van der Waals surface area contributed by atoms with Gasteiger partial charge in [-0.25, -0.2) is 0 Å². The Bertz CT molecular complexity index is 672. The highest BCUT2D eigenvalue weighted by Gasteiger charge is 2.70. The number of carboxylic acid groups (broad SMARTS) is 1. The number of hydrogen-bond donors (Lipinski definition) is 2. The number of aliphatic carboxylic acids is 1. The number of carbonyl (C=O) groups excluding carboxylic acids is 1. The van der Waals surface area contributed by atoms with Crippen LogP contribution in [0.25, 0.3) is 0 Å². The number of nitrogens with one attached hydrogen (secondary N) is 1. The number of amides is 1. The van der Waals surface area contributed by atoms with E-state index in [0.717, 1.165) is 18.6 Å². The van der Waals surface area contributed by atoms with Crippen LogP contribution < -0.4 is 10.1 Å². The Balaban J connectivity index is 1.34. The quantitative estimate of drug-likeness (QED) is 0.857. The zero-order valence-corrected chi connectivity index (χ0v) is 14.1. The minimum atomic E-state index is -0.977. The molecule has 6 heteroatoms. The molecule has 0 atom stereocenters. The van der Waals surface area contributed by atoms with E-state index in [1.807, 2.05) is 24.3 Å². The molecular formula is C19H23NO5. The molecule has 25 heavy (non-hydrogen) atoms. The molecular weight excluding hydrogens is 322 g/mol. The third-order valence-electron chi connectivity index (χ3n) is 5.71. The third kappa shape index (κ3) is 2.88. The number of carboxylic acids is 1. The average molecular weight is 345 g/mol. The largest absolute Gasteiger partial charge is 0.490 e. The third-order valence-corrected chi connectivity index (χ3v) is 5.71. The van der Waals surface area contributed by atoms with E-state index in [0.29, 0.717) is 11.8 Å². The summed E-state index contributed by atoms with van der Waals surface area (Å²) in [4.78, 5) is 23.7. The summed E-state index contributed by atoms with van der Waals surface area (Å²) in [5.41, 5.74) is -1.18. The number of hydrogen-bond acceptors (Lipinski definition) is 4. The van der Waals surface area contributed by atoms with Crippen LogP contribution >= 0.6 is 0 Å². The Morgan fingerprint density at radius 2 is 1.80 bits per heavy atom. The summed E-state index contributed by atoms with van der Waals surface area (Å²) in [5.74, 6) is -0.325. The van der Waals surface area contributed by atoms with E-state index in [4.69, 9.17) is 9.47 Å². The molecule has 2 aliphatic carbocycles. The van der Waals surface area contributed by atoms with Gasteiger partial charge in [-0.2, -0.15) is 0 Å². The van der Waals surface area contributed by atoms with Crippen LogP contribution in [-0.2, 0) is 14.3 Å². The molecule has 1 aromatic carbocycles. The zero-order chi connectivity index (χ0) is 17.5. The Morgan fingerprint density at radius 3 is 2.40 bits per heavy atom. The SMILES string of the molecule is O=C(O)C12COC(C(=O)Nc3ccc(OC4CCCCC4)cc3)(C1)C2. The predicted molar refractivity (Wildman–Crippen MR) is 90.6 cm³/mol. The lowest BCUT2D eigenvalue weighted by molar-refractivity contribution is -0.156. The van der Waals surface area contributed by atoms with Crippen molar-refractivity contribution in [3.05, 3.63) is 24.3 Å². The molecule has 134 valence electrons. The molecule has 2 saturated carbocycles. The van der Waals surface area contributed by atoms with Crippen LogP contribution in [-0.4, -0.2) is 35.3 Å². The maximum absolute atomic E-state index is 12.5. The molecule has 0 unspecified atom stereocenters. The van der Waals surface area contributed by atoms with Crippen LogP contribution in [0, 0.1) is 5.41 Å². The summed E-state index contributed by atoms with van der Waals surface area (Å²) >= 11 is 0. The maximum atomic E-state index is 12.5. The molecule has 4 aliphatic rings. The van der Waals surface area contributed by atoms with Gasteiger partial charge in [-0.1, -0.05) is 6.42 Å². The second-order valence-electron chi connectivity index (χ2n) is 7.58. The number of rotatable bonds is 5. The fraction of sp³-hybridized carbons (Fsp3) is 0.579. The summed E-state index contributed by atoms with van der Waals surface area (Å²) in [5, 5.41) is 12.1. The van der Waals surface area contributed by atoms with Gasteiger partial charge in [0.15, 0.2) is 0 Å². The first kappa shape index (κ1) is 16.4. The van der Waals surface area contributed by atoms with E-state index in [9.17, 15) is 14.7 Å². The molecule has 4 fully saturated rings. The van der Waals surface area contributed by atoms with Crippen molar-refractivity contribution in [3.8, 4) is 5.75 Å². The number of anilines is 1. The van der Waals surface area contributed by atoms with E-state index in [1.54, 1.807) is 0 Å². The Hall–Kier alpha value is -2.08. The second kappa shape index (κ2) is 6.02. The summed E-state index contributed by atoms with van der Waals surface area (Å²) < 4.78 is 11.5. The highest BCUT2D eigenvalue weighted by Crippen LogP contribution is 2.58. The number of carbonyl (C=O) groups is 2. The van der Waals surface area contributed by atoms with Gasteiger partial charge in [0, 0.05) is 18.5 Å².